The molecule has 0 bridgehead atoms. The van der Waals surface area contributed by atoms with E-state index in [1.54, 1.807) is 6.33 Å². The zero-order valence-electron chi connectivity index (χ0n) is 18.4. The van der Waals surface area contributed by atoms with E-state index in [2.05, 4.69) is 27.1 Å². The molecule has 1 aliphatic carbocycles. The van der Waals surface area contributed by atoms with Gasteiger partial charge in [-0.05, 0) is 49.4 Å². The Labute approximate surface area is 193 Å². The van der Waals surface area contributed by atoms with Gasteiger partial charge in [0.15, 0.2) is 0 Å². The molecule has 2 N–H and O–H groups in total. The van der Waals surface area contributed by atoms with Gasteiger partial charge in [-0.15, -0.1) is 0 Å². The fourth-order valence-electron chi connectivity index (χ4n) is 5.50. The maximum Gasteiger partial charge on any atom is 0.231 e. The molecular formula is C24H30ClN5O2. The molecule has 8 heteroatoms. The van der Waals surface area contributed by atoms with Gasteiger partial charge in [-0.1, -0.05) is 30.7 Å². The molecule has 32 heavy (non-hydrogen) atoms. The standard InChI is InChI=1S/C24H30ClN5O2/c1-15-13-19(31)22-20(15)23(28-14-27-22)29-9-11-30(12-10-29)24(32)21(18-3-2-8-26-18)16-4-6-17(25)7-5-16/h4-7,14-15,18-19,21,26,31H,2-3,8-13H2,1H3/t15-,18-,19-,21+/m1/s1. The molecule has 3 aliphatic rings. The lowest BCUT2D eigenvalue weighted by Crippen LogP contribution is -2.52. The number of aromatic nitrogens is 2. The van der Waals surface area contributed by atoms with Crippen LogP contribution in [-0.2, 0) is 4.79 Å². The SMILES string of the molecule is C[C@@H]1C[C@@H](O)c2ncnc(N3CCN(C(=O)[C@@H](c4ccc(Cl)cc4)[C@H]4CCCN4)CC3)c21. The molecule has 5 rings (SSSR count). The number of benzene rings is 1. The van der Waals surface area contributed by atoms with Crippen LogP contribution in [0.3, 0.4) is 0 Å². The number of aliphatic hydroxyl groups excluding tert-OH is 1. The molecule has 7 nitrogen and oxygen atoms in total. The molecule has 2 fully saturated rings. The van der Waals surface area contributed by atoms with Crippen molar-refractivity contribution >= 4 is 23.3 Å². The summed E-state index contributed by atoms with van der Waals surface area (Å²) >= 11 is 6.10. The summed E-state index contributed by atoms with van der Waals surface area (Å²) in [4.78, 5) is 26.8. The van der Waals surface area contributed by atoms with Gasteiger partial charge in [-0.2, -0.15) is 0 Å². The summed E-state index contributed by atoms with van der Waals surface area (Å²) in [7, 11) is 0. The molecule has 2 saturated heterocycles. The van der Waals surface area contributed by atoms with Crippen molar-refractivity contribution in [3.63, 3.8) is 0 Å². The third-order valence-corrected chi connectivity index (χ3v) is 7.42. The van der Waals surface area contributed by atoms with Crippen LogP contribution in [0.5, 0.6) is 0 Å². The molecule has 0 unspecified atom stereocenters. The highest BCUT2D eigenvalue weighted by Gasteiger charge is 2.37. The minimum absolute atomic E-state index is 0.161. The maximum atomic E-state index is 13.7. The number of carbonyl (C=O) groups is 1. The van der Waals surface area contributed by atoms with E-state index in [9.17, 15) is 9.90 Å². The third kappa shape index (κ3) is 3.98. The Bertz CT molecular complexity index is 971. The molecule has 2 aliphatic heterocycles. The van der Waals surface area contributed by atoms with E-state index in [4.69, 9.17) is 11.6 Å². The van der Waals surface area contributed by atoms with Crippen molar-refractivity contribution in [3.05, 3.63) is 52.4 Å². The molecule has 2 aromatic rings. The summed E-state index contributed by atoms with van der Waals surface area (Å²) < 4.78 is 0. The summed E-state index contributed by atoms with van der Waals surface area (Å²) in [6.45, 7) is 5.84. The Balaban J connectivity index is 1.32. The number of aliphatic hydroxyl groups is 1. The predicted octanol–water partition coefficient (Wildman–Crippen LogP) is 2.86. The highest BCUT2D eigenvalue weighted by molar-refractivity contribution is 6.30. The number of anilines is 1. The molecule has 4 atom stereocenters. The van der Waals surface area contributed by atoms with Crippen molar-refractivity contribution < 1.29 is 9.90 Å². The van der Waals surface area contributed by atoms with Gasteiger partial charge >= 0.3 is 0 Å². The molecular weight excluding hydrogens is 426 g/mol. The van der Waals surface area contributed by atoms with E-state index in [0.29, 0.717) is 24.5 Å². The van der Waals surface area contributed by atoms with Crippen LogP contribution in [0.25, 0.3) is 0 Å². The van der Waals surface area contributed by atoms with Crippen molar-refractivity contribution in [1.29, 1.82) is 0 Å². The molecule has 1 aromatic carbocycles. The number of hydrogen-bond acceptors (Lipinski definition) is 6. The van der Waals surface area contributed by atoms with Gasteiger partial charge in [0, 0.05) is 42.8 Å². The number of fused-ring (bicyclic) bond motifs is 1. The van der Waals surface area contributed by atoms with Crippen molar-refractivity contribution in [2.45, 2.75) is 50.2 Å². The largest absolute Gasteiger partial charge is 0.387 e. The fourth-order valence-corrected chi connectivity index (χ4v) is 5.63. The first-order chi connectivity index (χ1) is 15.5. The second kappa shape index (κ2) is 8.96. The van der Waals surface area contributed by atoms with Crippen LogP contribution in [0.4, 0.5) is 5.82 Å². The number of halogens is 1. The quantitative estimate of drug-likeness (QED) is 0.737. The minimum atomic E-state index is -0.510. The van der Waals surface area contributed by atoms with Crippen molar-refractivity contribution in [2.75, 3.05) is 37.6 Å². The first-order valence-corrected chi connectivity index (χ1v) is 12.0. The summed E-state index contributed by atoms with van der Waals surface area (Å²) in [6, 6.07) is 7.87. The lowest BCUT2D eigenvalue weighted by Gasteiger charge is -2.38. The van der Waals surface area contributed by atoms with Gasteiger partial charge in [-0.3, -0.25) is 4.79 Å². The average Bonchev–Trinajstić information content (AvgIpc) is 3.44. The van der Waals surface area contributed by atoms with E-state index in [1.165, 1.54) is 0 Å². The number of rotatable bonds is 4. The fraction of sp³-hybridized carbons (Fsp3) is 0.542. The Hall–Kier alpha value is -2.22. The number of carbonyl (C=O) groups excluding carboxylic acids is 1. The van der Waals surface area contributed by atoms with Crippen LogP contribution < -0.4 is 10.2 Å². The summed E-state index contributed by atoms with van der Waals surface area (Å²) in [5.74, 6) is 1.14. The van der Waals surface area contributed by atoms with Gasteiger partial charge in [0.25, 0.3) is 0 Å². The van der Waals surface area contributed by atoms with E-state index in [0.717, 1.165) is 55.1 Å². The smallest absolute Gasteiger partial charge is 0.231 e. The van der Waals surface area contributed by atoms with Crippen LogP contribution in [0, 0.1) is 0 Å². The predicted molar refractivity (Wildman–Crippen MR) is 124 cm³/mol. The number of amides is 1. The van der Waals surface area contributed by atoms with Crippen molar-refractivity contribution in [2.24, 2.45) is 0 Å². The number of nitrogens with one attached hydrogen (secondary N) is 1. The Morgan fingerprint density at radius 3 is 2.62 bits per heavy atom. The molecule has 1 aromatic heterocycles. The number of piperazine rings is 1. The van der Waals surface area contributed by atoms with Gasteiger partial charge in [0.2, 0.25) is 5.91 Å². The second-order valence-corrected chi connectivity index (χ2v) is 9.63. The van der Waals surface area contributed by atoms with Gasteiger partial charge in [0.1, 0.15) is 12.1 Å². The Morgan fingerprint density at radius 1 is 1.19 bits per heavy atom. The van der Waals surface area contributed by atoms with Gasteiger partial charge < -0.3 is 20.2 Å². The van der Waals surface area contributed by atoms with Crippen LogP contribution in [-0.4, -0.2) is 64.6 Å². The summed E-state index contributed by atoms with van der Waals surface area (Å²) in [5, 5.41) is 14.5. The number of nitrogens with zero attached hydrogens (tertiary/aromatic N) is 4. The average molecular weight is 456 g/mol. The van der Waals surface area contributed by atoms with E-state index in [1.807, 2.05) is 29.2 Å². The zero-order chi connectivity index (χ0) is 22.2. The van der Waals surface area contributed by atoms with E-state index >= 15 is 0 Å². The lowest BCUT2D eigenvalue weighted by molar-refractivity contribution is -0.133. The zero-order valence-corrected chi connectivity index (χ0v) is 19.1. The highest BCUT2D eigenvalue weighted by atomic mass is 35.5. The van der Waals surface area contributed by atoms with Crippen molar-refractivity contribution in [3.8, 4) is 0 Å². The number of hydrogen-bond donors (Lipinski definition) is 2. The molecule has 3 heterocycles. The van der Waals surface area contributed by atoms with E-state index in [-0.39, 0.29) is 23.8 Å². The van der Waals surface area contributed by atoms with Crippen molar-refractivity contribution in [1.82, 2.24) is 20.2 Å². The Morgan fingerprint density at radius 2 is 1.94 bits per heavy atom. The molecule has 1 amide bonds. The lowest BCUT2D eigenvalue weighted by atomic mass is 9.89. The third-order valence-electron chi connectivity index (χ3n) is 7.17. The van der Waals surface area contributed by atoms with E-state index < -0.39 is 6.10 Å². The van der Waals surface area contributed by atoms with Crippen LogP contribution >= 0.6 is 11.6 Å². The molecule has 170 valence electrons. The second-order valence-electron chi connectivity index (χ2n) is 9.19. The highest BCUT2D eigenvalue weighted by Crippen LogP contribution is 2.42. The molecule has 0 radical (unpaired) electrons. The van der Waals surface area contributed by atoms with Gasteiger partial charge in [-0.25, -0.2) is 9.97 Å². The van der Waals surface area contributed by atoms with Crippen LogP contribution in [0.2, 0.25) is 5.02 Å². The normalized spacial score (nSPS) is 26.3. The summed E-state index contributed by atoms with van der Waals surface area (Å²) in [6.07, 6.45) is 3.83. The van der Waals surface area contributed by atoms with Crippen LogP contribution in [0.1, 0.15) is 60.9 Å². The first kappa shape index (κ1) is 21.6. The minimum Gasteiger partial charge on any atom is -0.387 e. The van der Waals surface area contributed by atoms with Gasteiger partial charge in [0.05, 0.1) is 17.7 Å². The first-order valence-electron chi connectivity index (χ1n) is 11.6. The Kier molecular flexibility index (Phi) is 6.05. The molecule has 0 saturated carbocycles. The summed E-state index contributed by atoms with van der Waals surface area (Å²) in [5.41, 5.74) is 2.85. The monoisotopic (exact) mass is 455 g/mol. The topological polar surface area (TPSA) is 81.6 Å². The van der Waals surface area contributed by atoms with Crippen LogP contribution in [0.15, 0.2) is 30.6 Å². The maximum absolute atomic E-state index is 13.7. The molecule has 0 spiro atoms.